The summed E-state index contributed by atoms with van der Waals surface area (Å²) in [6.45, 7) is 5.85. The Morgan fingerprint density at radius 1 is 1.03 bits per heavy atom. The Morgan fingerprint density at radius 3 is 2.26 bits per heavy atom. The molecule has 0 spiro atoms. The molecule has 10 heteroatoms. The van der Waals surface area contributed by atoms with E-state index in [1.807, 2.05) is 20.8 Å². The van der Waals surface area contributed by atoms with E-state index in [9.17, 15) is 18.0 Å². The van der Waals surface area contributed by atoms with Crippen LogP contribution in [0.5, 0.6) is 0 Å². The van der Waals surface area contributed by atoms with Gasteiger partial charge in [-0.1, -0.05) is 67.2 Å². The highest BCUT2D eigenvalue weighted by Gasteiger charge is 2.31. The second kappa shape index (κ2) is 13.3. The fourth-order valence-electron chi connectivity index (χ4n) is 3.52. The number of benzene rings is 2. The van der Waals surface area contributed by atoms with Crippen molar-refractivity contribution in [3.05, 3.63) is 63.6 Å². The van der Waals surface area contributed by atoms with Gasteiger partial charge in [-0.3, -0.25) is 9.59 Å². The van der Waals surface area contributed by atoms with Crippen molar-refractivity contribution in [2.24, 2.45) is 0 Å². The first-order valence-corrected chi connectivity index (χ1v) is 13.7. The first-order chi connectivity index (χ1) is 16.5. The number of carbonyl (C=O) groups is 2. The third-order valence-electron chi connectivity index (χ3n) is 5.64. The van der Waals surface area contributed by atoms with Gasteiger partial charge in [0, 0.05) is 20.1 Å². The van der Waals surface area contributed by atoms with Crippen LogP contribution in [0.4, 0.5) is 0 Å². The Bertz CT molecular complexity index is 1120. The van der Waals surface area contributed by atoms with Crippen molar-refractivity contribution in [1.82, 2.24) is 14.5 Å². The minimum Gasteiger partial charge on any atom is -0.354 e. The maximum absolute atomic E-state index is 13.5. The molecule has 0 bridgehead atoms. The lowest BCUT2D eigenvalue weighted by atomic mass is 10.1. The molecule has 2 rings (SSSR count). The van der Waals surface area contributed by atoms with Crippen molar-refractivity contribution < 1.29 is 18.0 Å². The van der Waals surface area contributed by atoms with Gasteiger partial charge in [-0.2, -0.15) is 4.31 Å². The lowest BCUT2D eigenvalue weighted by Gasteiger charge is -2.32. The van der Waals surface area contributed by atoms with Crippen LogP contribution in [-0.2, 0) is 26.2 Å². The summed E-state index contributed by atoms with van der Waals surface area (Å²) in [4.78, 5) is 27.9. The van der Waals surface area contributed by atoms with E-state index in [1.165, 1.54) is 24.1 Å². The maximum Gasteiger partial charge on any atom is 0.243 e. The van der Waals surface area contributed by atoms with Crippen LogP contribution in [-0.4, -0.2) is 55.6 Å². The summed E-state index contributed by atoms with van der Waals surface area (Å²) >= 11 is 12.2. The van der Waals surface area contributed by atoms with Crippen molar-refractivity contribution in [3.8, 4) is 0 Å². The fraction of sp³-hybridized carbons (Fsp3) is 0.440. The molecule has 2 aromatic rings. The number of sulfonamides is 1. The molecule has 0 saturated heterocycles. The van der Waals surface area contributed by atoms with Gasteiger partial charge in [0.2, 0.25) is 21.8 Å². The Morgan fingerprint density at radius 2 is 1.69 bits per heavy atom. The number of nitrogens with one attached hydrogen (secondary N) is 1. The van der Waals surface area contributed by atoms with E-state index >= 15 is 0 Å². The minimum absolute atomic E-state index is 0.0772. The topological polar surface area (TPSA) is 86.8 Å². The normalized spacial score (nSPS) is 12.4. The molecule has 0 aliphatic carbocycles. The standard InChI is InChI=1S/C25H33Cl2N3O4S/c1-5-7-14-28-25(32)23(6-2)30(16-19-10-13-21(26)22(27)15-19)24(31)17-29(4)35(33,34)20-11-8-18(3)9-12-20/h8-13,15,23H,5-7,14,16-17H2,1-4H3,(H,28,32)/t23-/m0/s1. The number of hydrogen-bond donors (Lipinski definition) is 1. The number of unbranched alkanes of at least 4 members (excludes halogenated alkanes) is 1. The zero-order chi connectivity index (χ0) is 26.2. The van der Waals surface area contributed by atoms with Gasteiger partial charge in [0.05, 0.1) is 21.5 Å². The molecule has 192 valence electrons. The molecule has 0 heterocycles. The van der Waals surface area contributed by atoms with Gasteiger partial charge in [0.1, 0.15) is 6.04 Å². The number of carbonyl (C=O) groups excluding carboxylic acids is 2. The number of halogens is 2. The maximum atomic E-state index is 13.5. The highest BCUT2D eigenvalue weighted by molar-refractivity contribution is 7.89. The molecule has 7 nitrogen and oxygen atoms in total. The van der Waals surface area contributed by atoms with Crippen LogP contribution < -0.4 is 5.32 Å². The van der Waals surface area contributed by atoms with Crippen molar-refractivity contribution in [2.75, 3.05) is 20.1 Å². The molecule has 0 fully saturated rings. The number of hydrogen-bond acceptors (Lipinski definition) is 4. The van der Waals surface area contributed by atoms with Gasteiger partial charge in [-0.15, -0.1) is 0 Å². The van der Waals surface area contributed by atoms with Crippen LogP contribution in [0.25, 0.3) is 0 Å². The molecular weight excluding hydrogens is 509 g/mol. The lowest BCUT2D eigenvalue weighted by Crippen LogP contribution is -2.51. The average Bonchev–Trinajstić information content (AvgIpc) is 2.81. The first kappa shape index (κ1) is 29.1. The fourth-order valence-corrected chi connectivity index (χ4v) is 4.96. The Kier molecular flexibility index (Phi) is 11.0. The second-order valence-corrected chi connectivity index (χ2v) is 11.3. The zero-order valence-electron chi connectivity index (χ0n) is 20.6. The molecule has 0 aliphatic rings. The summed E-state index contributed by atoms with van der Waals surface area (Å²) in [6.07, 6.45) is 2.10. The largest absolute Gasteiger partial charge is 0.354 e. The number of likely N-dealkylation sites (N-methyl/N-ethyl adjacent to an activating group) is 1. The first-order valence-electron chi connectivity index (χ1n) is 11.5. The Balaban J connectivity index is 2.32. The number of amides is 2. The summed E-state index contributed by atoms with van der Waals surface area (Å²) in [5.74, 6) is -0.773. The van der Waals surface area contributed by atoms with E-state index in [4.69, 9.17) is 23.2 Å². The molecule has 0 radical (unpaired) electrons. The van der Waals surface area contributed by atoms with E-state index in [-0.39, 0.29) is 17.3 Å². The van der Waals surface area contributed by atoms with Crippen LogP contribution in [0.2, 0.25) is 10.0 Å². The molecular formula is C25H33Cl2N3O4S. The van der Waals surface area contributed by atoms with Gasteiger partial charge in [-0.25, -0.2) is 8.42 Å². The highest BCUT2D eigenvalue weighted by Crippen LogP contribution is 2.24. The van der Waals surface area contributed by atoms with E-state index in [1.54, 1.807) is 30.3 Å². The predicted molar refractivity (Wildman–Crippen MR) is 140 cm³/mol. The smallest absolute Gasteiger partial charge is 0.243 e. The van der Waals surface area contributed by atoms with Crippen LogP contribution in [0.3, 0.4) is 0 Å². The quantitative estimate of drug-likeness (QED) is 0.396. The predicted octanol–water partition coefficient (Wildman–Crippen LogP) is 4.65. The molecule has 1 atom stereocenters. The van der Waals surface area contributed by atoms with E-state index < -0.39 is 28.5 Å². The van der Waals surface area contributed by atoms with E-state index in [0.717, 1.165) is 22.7 Å². The second-order valence-electron chi connectivity index (χ2n) is 8.41. The SMILES string of the molecule is CCCCNC(=O)[C@H](CC)N(Cc1ccc(Cl)c(Cl)c1)C(=O)CN(C)S(=O)(=O)c1ccc(C)cc1. The monoisotopic (exact) mass is 541 g/mol. The molecule has 0 saturated carbocycles. The van der Waals surface area contributed by atoms with E-state index in [2.05, 4.69) is 5.32 Å². The summed E-state index contributed by atoms with van der Waals surface area (Å²) < 4.78 is 27.1. The molecule has 2 aromatic carbocycles. The minimum atomic E-state index is -3.89. The number of aryl methyl sites for hydroxylation is 1. The summed E-state index contributed by atoms with van der Waals surface area (Å²) in [7, 11) is -2.54. The van der Waals surface area contributed by atoms with Crippen molar-refractivity contribution >= 4 is 45.0 Å². The number of rotatable bonds is 12. The third kappa shape index (κ3) is 7.93. The Labute approximate surface area is 218 Å². The molecule has 1 N–H and O–H groups in total. The third-order valence-corrected chi connectivity index (χ3v) is 8.20. The van der Waals surface area contributed by atoms with Crippen LogP contribution in [0.1, 0.15) is 44.2 Å². The van der Waals surface area contributed by atoms with Gasteiger partial charge in [-0.05, 0) is 49.6 Å². The molecule has 2 amide bonds. The zero-order valence-corrected chi connectivity index (χ0v) is 22.9. The highest BCUT2D eigenvalue weighted by atomic mass is 35.5. The van der Waals surface area contributed by atoms with Crippen LogP contribution >= 0.6 is 23.2 Å². The average molecular weight is 543 g/mol. The lowest BCUT2D eigenvalue weighted by molar-refractivity contribution is -0.141. The van der Waals surface area contributed by atoms with Gasteiger partial charge >= 0.3 is 0 Å². The van der Waals surface area contributed by atoms with Crippen molar-refractivity contribution in [2.45, 2.75) is 57.5 Å². The number of nitrogens with zero attached hydrogens (tertiary/aromatic N) is 2. The van der Waals surface area contributed by atoms with Crippen molar-refractivity contribution in [3.63, 3.8) is 0 Å². The van der Waals surface area contributed by atoms with Gasteiger partial charge in [0.25, 0.3) is 0 Å². The van der Waals surface area contributed by atoms with E-state index in [0.29, 0.717) is 28.6 Å². The molecule has 0 aliphatic heterocycles. The van der Waals surface area contributed by atoms with Gasteiger partial charge in [0.15, 0.2) is 0 Å². The summed E-state index contributed by atoms with van der Waals surface area (Å²) in [5, 5.41) is 3.59. The molecule has 0 aromatic heterocycles. The van der Waals surface area contributed by atoms with Crippen LogP contribution in [0.15, 0.2) is 47.4 Å². The Hall–Kier alpha value is -2.13. The molecule has 0 unspecified atom stereocenters. The summed E-state index contributed by atoms with van der Waals surface area (Å²) in [5.41, 5.74) is 1.60. The molecule has 35 heavy (non-hydrogen) atoms. The van der Waals surface area contributed by atoms with Gasteiger partial charge < -0.3 is 10.2 Å². The van der Waals surface area contributed by atoms with Crippen LogP contribution in [0, 0.1) is 6.92 Å². The van der Waals surface area contributed by atoms with Crippen molar-refractivity contribution in [1.29, 1.82) is 0 Å². The summed E-state index contributed by atoms with van der Waals surface area (Å²) in [6, 6.07) is 10.6.